The molecule has 3 aromatic rings. The normalized spacial score (nSPS) is 10.7. The largest absolute Gasteiger partial charge is 0.330 e. The molecule has 0 saturated heterocycles. The van der Waals surface area contributed by atoms with Crippen LogP contribution in [-0.4, -0.2) is 9.55 Å². The zero-order valence-electron chi connectivity index (χ0n) is 10.0. The van der Waals surface area contributed by atoms with Gasteiger partial charge in [-0.2, -0.15) is 5.26 Å². The summed E-state index contributed by atoms with van der Waals surface area (Å²) in [5, 5.41) is 9.23. The van der Waals surface area contributed by atoms with Gasteiger partial charge >= 0.3 is 0 Å². The molecule has 0 aliphatic rings. The predicted molar refractivity (Wildman–Crippen MR) is 78.1 cm³/mol. The summed E-state index contributed by atoms with van der Waals surface area (Å²) in [5.41, 5.74) is 2.38. The van der Waals surface area contributed by atoms with E-state index in [2.05, 4.69) is 4.98 Å². The molecule has 0 bridgehead atoms. The Morgan fingerprint density at radius 1 is 1.25 bits per heavy atom. The van der Waals surface area contributed by atoms with E-state index in [1.807, 2.05) is 6.07 Å². The maximum absolute atomic E-state index is 13.4. The van der Waals surface area contributed by atoms with Crippen molar-refractivity contribution in [2.75, 3.05) is 0 Å². The van der Waals surface area contributed by atoms with Gasteiger partial charge in [0.2, 0.25) is 0 Å². The lowest BCUT2D eigenvalue weighted by molar-refractivity contribution is 0.629. The molecular weight excluding hydrogens is 297 g/mol. The number of halogens is 2. The van der Waals surface area contributed by atoms with E-state index in [0.29, 0.717) is 26.6 Å². The zero-order chi connectivity index (χ0) is 14.3. The molecule has 6 heteroatoms. The Kier molecular flexibility index (Phi) is 3.05. The van der Waals surface area contributed by atoms with Gasteiger partial charge in [0.15, 0.2) is 4.77 Å². The maximum atomic E-state index is 13.4. The van der Waals surface area contributed by atoms with Crippen LogP contribution in [0.3, 0.4) is 0 Å². The van der Waals surface area contributed by atoms with E-state index in [1.165, 1.54) is 12.1 Å². The fourth-order valence-corrected chi connectivity index (χ4v) is 2.64. The number of hydrogen-bond acceptors (Lipinski definition) is 2. The smallest absolute Gasteiger partial charge is 0.182 e. The summed E-state index contributed by atoms with van der Waals surface area (Å²) >= 11 is 11.4. The molecule has 20 heavy (non-hydrogen) atoms. The van der Waals surface area contributed by atoms with Crippen LogP contribution in [0.25, 0.3) is 16.7 Å². The third kappa shape index (κ3) is 1.99. The Hall–Kier alpha value is -2.16. The highest BCUT2D eigenvalue weighted by Crippen LogP contribution is 2.26. The number of nitriles is 1. The summed E-state index contributed by atoms with van der Waals surface area (Å²) in [6.45, 7) is 0. The number of aromatic nitrogens is 2. The average molecular weight is 304 g/mol. The summed E-state index contributed by atoms with van der Waals surface area (Å²) in [6, 6.07) is 11.3. The number of benzene rings is 2. The second kappa shape index (κ2) is 4.75. The second-order valence-electron chi connectivity index (χ2n) is 4.21. The van der Waals surface area contributed by atoms with Crippen LogP contribution in [0.2, 0.25) is 5.02 Å². The predicted octanol–water partition coefficient (Wildman–Crippen LogP) is 4.35. The van der Waals surface area contributed by atoms with Crippen molar-refractivity contribution in [2.45, 2.75) is 0 Å². The third-order valence-electron chi connectivity index (χ3n) is 2.96. The molecule has 2 aromatic carbocycles. The van der Waals surface area contributed by atoms with Crippen LogP contribution in [-0.2, 0) is 0 Å². The molecule has 0 fully saturated rings. The topological polar surface area (TPSA) is 44.5 Å². The van der Waals surface area contributed by atoms with Gasteiger partial charge in [0.25, 0.3) is 0 Å². The first kappa shape index (κ1) is 12.9. The summed E-state index contributed by atoms with van der Waals surface area (Å²) in [5.74, 6) is -0.356. The molecule has 0 aliphatic carbocycles. The van der Waals surface area contributed by atoms with Crippen molar-refractivity contribution in [1.82, 2.24) is 9.55 Å². The fraction of sp³-hybridized carbons (Fsp3) is 0. The Morgan fingerprint density at radius 3 is 2.75 bits per heavy atom. The molecule has 3 nitrogen and oxygen atoms in total. The van der Waals surface area contributed by atoms with Gasteiger partial charge in [0, 0.05) is 6.07 Å². The van der Waals surface area contributed by atoms with Crippen LogP contribution in [0.15, 0.2) is 36.4 Å². The molecule has 1 heterocycles. The first-order valence-electron chi connectivity index (χ1n) is 5.70. The van der Waals surface area contributed by atoms with Crippen LogP contribution < -0.4 is 0 Å². The maximum Gasteiger partial charge on any atom is 0.182 e. The highest BCUT2D eigenvalue weighted by molar-refractivity contribution is 7.71. The van der Waals surface area contributed by atoms with Crippen molar-refractivity contribution in [3.8, 4) is 11.8 Å². The molecule has 1 aromatic heterocycles. The van der Waals surface area contributed by atoms with E-state index < -0.39 is 0 Å². The van der Waals surface area contributed by atoms with Gasteiger partial charge in [-0.15, -0.1) is 0 Å². The summed E-state index contributed by atoms with van der Waals surface area (Å²) in [6.07, 6.45) is 0. The average Bonchev–Trinajstić information content (AvgIpc) is 2.74. The number of rotatable bonds is 1. The minimum atomic E-state index is -0.356. The van der Waals surface area contributed by atoms with E-state index in [4.69, 9.17) is 29.1 Å². The van der Waals surface area contributed by atoms with Gasteiger partial charge in [0.1, 0.15) is 5.82 Å². The van der Waals surface area contributed by atoms with Crippen LogP contribution in [0, 0.1) is 21.9 Å². The fourth-order valence-electron chi connectivity index (χ4n) is 2.07. The first-order chi connectivity index (χ1) is 9.60. The van der Waals surface area contributed by atoms with Gasteiger partial charge in [-0.25, -0.2) is 4.39 Å². The van der Waals surface area contributed by atoms with Crippen molar-refractivity contribution in [3.05, 3.63) is 57.6 Å². The second-order valence-corrected chi connectivity index (χ2v) is 5.00. The van der Waals surface area contributed by atoms with Gasteiger partial charge in [-0.3, -0.25) is 4.57 Å². The summed E-state index contributed by atoms with van der Waals surface area (Å²) < 4.78 is 15.5. The lowest BCUT2D eigenvalue weighted by atomic mass is 10.2. The molecule has 3 rings (SSSR count). The zero-order valence-corrected chi connectivity index (χ0v) is 11.6. The van der Waals surface area contributed by atoms with Crippen molar-refractivity contribution in [3.63, 3.8) is 0 Å². The van der Waals surface area contributed by atoms with Crippen molar-refractivity contribution in [2.24, 2.45) is 0 Å². The number of nitrogens with zero attached hydrogens (tertiary/aromatic N) is 2. The lowest BCUT2D eigenvalue weighted by Gasteiger charge is -2.07. The molecule has 0 atom stereocenters. The number of fused-ring (bicyclic) bond motifs is 1. The lowest BCUT2D eigenvalue weighted by Crippen LogP contribution is -1.96. The summed E-state index contributed by atoms with van der Waals surface area (Å²) in [7, 11) is 0. The van der Waals surface area contributed by atoms with Crippen molar-refractivity contribution >= 4 is 34.9 Å². The molecule has 0 unspecified atom stereocenters. The van der Waals surface area contributed by atoms with Crippen LogP contribution in [0.1, 0.15) is 5.56 Å². The molecule has 98 valence electrons. The number of imidazole rings is 1. The van der Waals surface area contributed by atoms with Gasteiger partial charge in [-0.05, 0) is 42.5 Å². The van der Waals surface area contributed by atoms with Crippen LogP contribution in [0.4, 0.5) is 4.39 Å². The van der Waals surface area contributed by atoms with Crippen molar-refractivity contribution in [1.29, 1.82) is 5.26 Å². The number of H-pyrrole nitrogens is 1. The van der Waals surface area contributed by atoms with Gasteiger partial charge < -0.3 is 4.98 Å². The Balaban J connectivity index is 2.35. The molecule has 0 aliphatic heterocycles. The highest BCUT2D eigenvalue weighted by atomic mass is 35.5. The quantitative estimate of drug-likeness (QED) is 0.679. The SMILES string of the molecule is N#Cc1ccc(-n2c(=S)[nH]c3ccc(F)cc32)c(Cl)c1. The number of nitrogens with one attached hydrogen (secondary N) is 1. The molecule has 1 N–H and O–H groups in total. The Morgan fingerprint density at radius 2 is 2.05 bits per heavy atom. The van der Waals surface area contributed by atoms with E-state index in [0.717, 1.165) is 5.52 Å². The van der Waals surface area contributed by atoms with Crippen molar-refractivity contribution < 1.29 is 4.39 Å². The molecule has 0 amide bonds. The summed E-state index contributed by atoms with van der Waals surface area (Å²) in [4.78, 5) is 3.00. The van der Waals surface area contributed by atoms with Crippen LogP contribution >= 0.6 is 23.8 Å². The third-order valence-corrected chi connectivity index (χ3v) is 3.55. The van der Waals surface area contributed by atoms with E-state index in [9.17, 15) is 4.39 Å². The molecule has 0 spiro atoms. The van der Waals surface area contributed by atoms with Gasteiger partial charge in [0.05, 0.1) is 33.4 Å². The van der Waals surface area contributed by atoms with Crippen LogP contribution in [0.5, 0.6) is 0 Å². The molecular formula is C14H7ClFN3S. The van der Waals surface area contributed by atoms with Gasteiger partial charge in [-0.1, -0.05) is 11.6 Å². The van der Waals surface area contributed by atoms with E-state index in [-0.39, 0.29) is 5.82 Å². The standard InChI is InChI=1S/C14H7ClFN3S/c15-10-5-8(7-17)1-4-12(10)19-13-6-9(16)2-3-11(13)18-14(19)20/h1-6H,(H,18,20). The Labute approximate surface area is 123 Å². The van der Waals surface area contributed by atoms with E-state index in [1.54, 1.807) is 28.8 Å². The number of hydrogen-bond donors (Lipinski definition) is 1. The minimum absolute atomic E-state index is 0.356. The Bertz CT molecular complexity index is 920. The molecule has 0 saturated carbocycles. The van der Waals surface area contributed by atoms with E-state index >= 15 is 0 Å². The number of aromatic amines is 1. The minimum Gasteiger partial charge on any atom is -0.330 e. The highest BCUT2D eigenvalue weighted by Gasteiger charge is 2.11. The monoisotopic (exact) mass is 303 g/mol. The first-order valence-corrected chi connectivity index (χ1v) is 6.49. The molecule has 0 radical (unpaired) electrons.